The zero-order valence-electron chi connectivity index (χ0n) is 20.7. The Morgan fingerprint density at radius 1 is 0.861 bits per heavy atom. The van der Waals surface area contributed by atoms with E-state index in [1.807, 2.05) is 10.7 Å². The molecule has 5 aromatic rings. The van der Waals surface area contributed by atoms with Crippen molar-refractivity contribution >= 4 is 16.9 Å². The Kier molecular flexibility index (Phi) is 4.76. The largest absolute Gasteiger partial charge is 0.348 e. The van der Waals surface area contributed by atoms with Crippen LogP contribution in [-0.2, 0) is 12.2 Å². The third-order valence-electron chi connectivity index (χ3n) is 7.86. The third kappa shape index (κ3) is 3.12. The van der Waals surface area contributed by atoms with Crippen LogP contribution in [0.4, 0.5) is 5.82 Å². The second-order valence-electron chi connectivity index (χ2n) is 10.1. The van der Waals surface area contributed by atoms with E-state index in [9.17, 15) is 0 Å². The molecule has 1 unspecified atom stereocenters. The lowest BCUT2D eigenvalue weighted by Gasteiger charge is -2.45. The number of nitrogens with zero attached hydrogens (tertiary/aromatic N) is 4. The average Bonchev–Trinajstić information content (AvgIpc) is 3.49. The van der Waals surface area contributed by atoms with Gasteiger partial charge < -0.3 is 5.32 Å². The molecule has 7 rings (SSSR count). The van der Waals surface area contributed by atoms with Crippen molar-refractivity contribution in [2.45, 2.75) is 38.9 Å². The first-order valence-corrected chi connectivity index (χ1v) is 12.8. The Bertz CT molecular complexity index is 1570. The van der Waals surface area contributed by atoms with Gasteiger partial charge in [0.05, 0.1) is 16.8 Å². The molecule has 36 heavy (non-hydrogen) atoms. The van der Waals surface area contributed by atoms with Crippen LogP contribution in [0, 0.1) is 13.8 Å². The number of hydrogen-bond donors (Lipinski definition) is 1. The highest BCUT2D eigenvalue weighted by molar-refractivity contribution is 5.99. The van der Waals surface area contributed by atoms with Crippen LogP contribution >= 0.6 is 0 Å². The second-order valence-corrected chi connectivity index (χ2v) is 10.1. The van der Waals surface area contributed by atoms with E-state index in [2.05, 4.69) is 103 Å². The molecule has 0 aliphatic carbocycles. The smallest absolute Gasteiger partial charge is 0.166 e. The fraction of sp³-hybridized carbons (Fsp3) is 0.226. The molecule has 1 fully saturated rings. The summed E-state index contributed by atoms with van der Waals surface area (Å²) in [6, 6.07) is 30.1. The molecular formula is C31H29N5. The topological polar surface area (TPSA) is 46.0 Å². The second kappa shape index (κ2) is 8.04. The molecule has 5 heteroatoms. The van der Waals surface area contributed by atoms with Crippen molar-refractivity contribution in [2.24, 2.45) is 0 Å². The van der Waals surface area contributed by atoms with Gasteiger partial charge in [0.1, 0.15) is 11.5 Å². The predicted molar refractivity (Wildman–Crippen MR) is 145 cm³/mol. The van der Waals surface area contributed by atoms with Crippen molar-refractivity contribution in [3.05, 3.63) is 107 Å². The van der Waals surface area contributed by atoms with Gasteiger partial charge in [-0.05, 0) is 49.9 Å². The van der Waals surface area contributed by atoms with Gasteiger partial charge in [-0.15, -0.1) is 0 Å². The number of fused-ring (bicyclic) bond motifs is 3. The van der Waals surface area contributed by atoms with E-state index in [1.54, 1.807) is 0 Å². The Balaban J connectivity index is 1.52. The van der Waals surface area contributed by atoms with E-state index < -0.39 is 0 Å². The van der Waals surface area contributed by atoms with Crippen LogP contribution in [0.25, 0.3) is 27.8 Å². The fourth-order valence-electron chi connectivity index (χ4n) is 6.13. The van der Waals surface area contributed by atoms with Crippen molar-refractivity contribution in [3.8, 4) is 16.8 Å². The molecule has 0 amide bonds. The number of anilines is 1. The van der Waals surface area contributed by atoms with Crippen LogP contribution in [0.5, 0.6) is 0 Å². The molecule has 0 radical (unpaired) electrons. The molecule has 0 saturated carbocycles. The molecule has 2 aliphatic heterocycles. The number of hydrogen-bond acceptors (Lipinski definition) is 4. The van der Waals surface area contributed by atoms with E-state index in [0.29, 0.717) is 0 Å². The summed E-state index contributed by atoms with van der Waals surface area (Å²) in [5.41, 5.74) is 8.98. The maximum absolute atomic E-state index is 5.31. The van der Waals surface area contributed by atoms with E-state index in [-0.39, 0.29) is 5.66 Å². The molecule has 178 valence electrons. The summed E-state index contributed by atoms with van der Waals surface area (Å²) in [5, 5.41) is 10.1. The van der Waals surface area contributed by atoms with Gasteiger partial charge in [0.15, 0.2) is 5.65 Å². The van der Waals surface area contributed by atoms with E-state index in [4.69, 9.17) is 10.1 Å². The van der Waals surface area contributed by atoms with Crippen LogP contribution in [-0.4, -0.2) is 26.2 Å². The summed E-state index contributed by atoms with van der Waals surface area (Å²) in [7, 11) is 0. The molecule has 1 N–H and O–H groups in total. The van der Waals surface area contributed by atoms with Crippen molar-refractivity contribution in [2.75, 3.05) is 11.9 Å². The Labute approximate surface area is 211 Å². The van der Waals surface area contributed by atoms with Crippen molar-refractivity contribution < 1.29 is 0 Å². The minimum Gasteiger partial charge on any atom is -0.348 e. The first-order valence-electron chi connectivity index (χ1n) is 12.8. The molecule has 2 aliphatic rings. The molecule has 5 nitrogen and oxygen atoms in total. The number of pyridine rings is 1. The van der Waals surface area contributed by atoms with Crippen LogP contribution < -0.4 is 5.32 Å². The lowest BCUT2D eigenvalue weighted by atomic mass is 9.90. The van der Waals surface area contributed by atoms with Gasteiger partial charge >= 0.3 is 0 Å². The monoisotopic (exact) mass is 471 g/mol. The van der Waals surface area contributed by atoms with Crippen LogP contribution in [0.15, 0.2) is 84.9 Å². The van der Waals surface area contributed by atoms with Crippen LogP contribution in [0.1, 0.15) is 35.2 Å². The summed E-state index contributed by atoms with van der Waals surface area (Å²) < 4.78 is 2.00. The maximum atomic E-state index is 5.31. The zero-order chi connectivity index (χ0) is 24.3. The molecular weight excluding hydrogens is 442 g/mol. The minimum absolute atomic E-state index is 0.230. The van der Waals surface area contributed by atoms with Gasteiger partial charge in [-0.2, -0.15) is 5.10 Å². The van der Waals surface area contributed by atoms with Gasteiger partial charge in [-0.3, -0.25) is 4.90 Å². The van der Waals surface area contributed by atoms with Crippen molar-refractivity contribution in [1.82, 2.24) is 19.7 Å². The summed E-state index contributed by atoms with van der Waals surface area (Å²) in [6.45, 7) is 6.17. The van der Waals surface area contributed by atoms with Crippen LogP contribution in [0.3, 0.4) is 0 Å². The number of para-hydroxylation sites is 1. The predicted octanol–water partition coefficient (Wildman–Crippen LogP) is 6.58. The van der Waals surface area contributed by atoms with Gasteiger partial charge in [0.25, 0.3) is 0 Å². The standard InChI is InChI=1S/C31H29N5/c1-21-14-16-23(17-15-21)28-26-20-35-19-9-18-31(35,24-10-5-3-6-11-24)33-29(26)32-30-27(28)22(2)34-36(30)25-12-7-4-8-13-25/h3-8,10-17H,9,18-20H2,1-2H3,(H,32,33). The van der Waals surface area contributed by atoms with Gasteiger partial charge in [-0.1, -0.05) is 78.4 Å². The average molecular weight is 472 g/mol. The molecule has 0 bridgehead atoms. The summed E-state index contributed by atoms with van der Waals surface area (Å²) in [5.74, 6) is 0.970. The van der Waals surface area contributed by atoms with Gasteiger partial charge in [-0.25, -0.2) is 9.67 Å². The van der Waals surface area contributed by atoms with Crippen molar-refractivity contribution in [1.29, 1.82) is 0 Å². The SMILES string of the molecule is Cc1ccc(-c2c3c(nc4c2c(C)nn4-c2ccccc2)NC2(c4ccccc4)CCCN2C3)cc1. The maximum Gasteiger partial charge on any atom is 0.166 e. The Morgan fingerprint density at radius 2 is 1.58 bits per heavy atom. The summed E-state index contributed by atoms with van der Waals surface area (Å²) in [4.78, 5) is 7.91. The summed E-state index contributed by atoms with van der Waals surface area (Å²) in [6.07, 6.45) is 2.22. The molecule has 4 heterocycles. The normalized spacial score (nSPS) is 19.2. The van der Waals surface area contributed by atoms with Gasteiger partial charge in [0.2, 0.25) is 0 Å². The number of aromatic nitrogens is 3. The molecule has 2 aromatic heterocycles. The number of benzene rings is 3. The number of rotatable bonds is 3. The van der Waals surface area contributed by atoms with E-state index in [0.717, 1.165) is 54.2 Å². The molecule has 1 atom stereocenters. The first-order chi connectivity index (χ1) is 17.6. The van der Waals surface area contributed by atoms with Gasteiger partial charge in [0, 0.05) is 24.2 Å². The highest BCUT2D eigenvalue weighted by Gasteiger charge is 2.46. The highest BCUT2D eigenvalue weighted by Crippen LogP contribution is 2.48. The highest BCUT2D eigenvalue weighted by atomic mass is 15.4. The lowest BCUT2D eigenvalue weighted by molar-refractivity contribution is 0.146. The number of nitrogens with one attached hydrogen (secondary N) is 1. The minimum atomic E-state index is -0.230. The number of aryl methyl sites for hydroxylation is 2. The Hall–Kier alpha value is -3.96. The molecule has 0 spiro atoms. The van der Waals surface area contributed by atoms with Crippen molar-refractivity contribution in [3.63, 3.8) is 0 Å². The summed E-state index contributed by atoms with van der Waals surface area (Å²) >= 11 is 0. The molecule has 3 aromatic carbocycles. The Morgan fingerprint density at radius 3 is 2.33 bits per heavy atom. The third-order valence-corrected chi connectivity index (χ3v) is 7.86. The van der Waals surface area contributed by atoms with Crippen LogP contribution in [0.2, 0.25) is 0 Å². The zero-order valence-corrected chi connectivity index (χ0v) is 20.7. The quantitative estimate of drug-likeness (QED) is 0.323. The van der Waals surface area contributed by atoms with E-state index >= 15 is 0 Å². The fourth-order valence-corrected chi connectivity index (χ4v) is 6.13. The lowest BCUT2D eigenvalue weighted by Crippen LogP contribution is -2.50. The van der Waals surface area contributed by atoms with E-state index in [1.165, 1.54) is 27.8 Å². The first kappa shape index (κ1) is 21.3. The molecule has 1 saturated heterocycles.